The van der Waals surface area contributed by atoms with Crippen LogP contribution in [0.3, 0.4) is 0 Å². The summed E-state index contributed by atoms with van der Waals surface area (Å²) in [6.07, 6.45) is -3.17. The van der Waals surface area contributed by atoms with Gasteiger partial charge in [0.2, 0.25) is 0 Å². The Labute approximate surface area is 90.1 Å². The predicted octanol–water partition coefficient (Wildman–Crippen LogP) is 2.90. The first-order valence-corrected chi connectivity index (χ1v) is 4.61. The highest BCUT2D eigenvalue weighted by Gasteiger charge is 2.42. The molecular weight excluding hydrogens is 217 g/mol. The molecule has 1 aromatic carbocycles. The zero-order valence-electron chi connectivity index (χ0n) is 8.12. The maximum atomic E-state index is 12.9. The molecule has 1 heterocycles. The highest BCUT2D eigenvalue weighted by molar-refractivity contribution is 5.29. The molecule has 0 bridgehead atoms. The molecule has 0 aliphatic carbocycles. The van der Waals surface area contributed by atoms with Crippen LogP contribution in [0.25, 0.3) is 0 Å². The van der Waals surface area contributed by atoms with Crippen LogP contribution in [0.2, 0.25) is 0 Å². The molecule has 2 rings (SSSR count). The van der Waals surface area contributed by atoms with E-state index in [-0.39, 0.29) is 11.3 Å². The number of rotatable bonds is 2. The van der Waals surface area contributed by atoms with Crippen LogP contribution < -0.4 is 0 Å². The van der Waals surface area contributed by atoms with Crippen molar-refractivity contribution in [3.8, 4) is 0 Å². The average Bonchev–Trinajstić information content (AvgIpc) is 2.71. The largest absolute Gasteiger partial charge is 0.401 e. The van der Waals surface area contributed by atoms with E-state index in [1.807, 2.05) is 0 Å². The Bertz CT molecular complexity index is 434. The van der Waals surface area contributed by atoms with Gasteiger partial charge in [-0.2, -0.15) is 18.3 Å². The summed E-state index contributed by atoms with van der Waals surface area (Å²) in [6, 6.07) is 10.2. The molecule has 0 fully saturated rings. The second-order valence-corrected chi connectivity index (χ2v) is 3.31. The first-order valence-electron chi connectivity index (χ1n) is 4.61. The molecule has 0 spiro atoms. The van der Waals surface area contributed by atoms with E-state index in [9.17, 15) is 13.2 Å². The standard InChI is InChI=1S/C11H8F3N2/c12-11(13,14)10(9-6-7-15-16-9)8-4-2-1-3-5-8/h1-5,7,10H,(H,15,16). The second kappa shape index (κ2) is 4.00. The van der Waals surface area contributed by atoms with Crippen LogP contribution in [0.5, 0.6) is 0 Å². The number of aromatic nitrogens is 2. The van der Waals surface area contributed by atoms with Crippen molar-refractivity contribution in [1.29, 1.82) is 0 Å². The van der Waals surface area contributed by atoms with Gasteiger partial charge in [0.25, 0.3) is 0 Å². The van der Waals surface area contributed by atoms with Crippen LogP contribution in [-0.4, -0.2) is 16.4 Å². The SMILES string of the molecule is FC(F)(F)C(c1ccccc1)c1[c]cn[nH]1. The van der Waals surface area contributed by atoms with Gasteiger partial charge in [-0.05, 0) is 5.56 Å². The third kappa shape index (κ3) is 2.08. The van der Waals surface area contributed by atoms with Crippen LogP contribution in [0.4, 0.5) is 13.2 Å². The summed E-state index contributed by atoms with van der Waals surface area (Å²) in [5.41, 5.74) is 0.106. The van der Waals surface area contributed by atoms with Crippen molar-refractivity contribution in [1.82, 2.24) is 10.2 Å². The molecule has 83 valence electrons. The molecule has 0 aliphatic heterocycles. The predicted molar refractivity (Wildman–Crippen MR) is 51.8 cm³/mol. The molecule has 1 radical (unpaired) electrons. The minimum atomic E-state index is -4.36. The third-order valence-electron chi connectivity index (χ3n) is 2.22. The normalized spacial score (nSPS) is 13.7. The molecule has 2 nitrogen and oxygen atoms in total. The second-order valence-electron chi connectivity index (χ2n) is 3.31. The summed E-state index contributed by atoms with van der Waals surface area (Å²) in [5, 5.41) is 5.82. The molecule has 1 N–H and O–H groups in total. The Morgan fingerprint density at radius 2 is 1.88 bits per heavy atom. The first-order chi connectivity index (χ1) is 7.59. The van der Waals surface area contributed by atoms with E-state index in [0.29, 0.717) is 0 Å². The fourth-order valence-corrected chi connectivity index (χ4v) is 1.55. The summed E-state index contributed by atoms with van der Waals surface area (Å²) in [5.74, 6) is -1.70. The van der Waals surface area contributed by atoms with Gasteiger partial charge >= 0.3 is 6.18 Å². The molecule has 1 aromatic heterocycles. The van der Waals surface area contributed by atoms with Gasteiger partial charge in [0.05, 0.1) is 11.9 Å². The van der Waals surface area contributed by atoms with Crippen molar-refractivity contribution in [3.63, 3.8) is 0 Å². The number of aromatic amines is 1. The van der Waals surface area contributed by atoms with Gasteiger partial charge in [0.15, 0.2) is 0 Å². The molecule has 1 unspecified atom stereocenters. The fourth-order valence-electron chi connectivity index (χ4n) is 1.55. The molecule has 0 saturated heterocycles. The van der Waals surface area contributed by atoms with Gasteiger partial charge in [0.1, 0.15) is 5.92 Å². The number of halogens is 3. The maximum Gasteiger partial charge on any atom is 0.401 e. The number of nitrogens with zero attached hydrogens (tertiary/aromatic N) is 1. The van der Waals surface area contributed by atoms with Crippen molar-refractivity contribution in [2.75, 3.05) is 0 Å². The Morgan fingerprint density at radius 1 is 1.19 bits per heavy atom. The van der Waals surface area contributed by atoms with Gasteiger partial charge < -0.3 is 0 Å². The Kier molecular flexibility index (Phi) is 2.68. The van der Waals surface area contributed by atoms with Crippen molar-refractivity contribution >= 4 is 0 Å². The van der Waals surface area contributed by atoms with Crippen LogP contribution in [0.1, 0.15) is 17.2 Å². The van der Waals surface area contributed by atoms with E-state index in [1.54, 1.807) is 18.2 Å². The molecule has 0 saturated carbocycles. The van der Waals surface area contributed by atoms with Gasteiger partial charge in [-0.3, -0.25) is 5.10 Å². The first kappa shape index (κ1) is 10.7. The minimum Gasteiger partial charge on any atom is -0.281 e. The topological polar surface area (TPSA) is 28.7 Å². The maximum absolute atomic E-state index is 12.9. The van der Waals surface area contributed by atoms with Gasteiger partial charge in [-0.1, -0.05) is 30.3 Å². The van der Waals surface area contributed by atoms with Crippen molar-refractivity contribution in [3.05, 3.63) is 53.9 Å². The van der Waals surface area contributed by atoms with Gasteiger partial charge in [-0.25, -0.2) is 0 Å². The van der Waals surface area contributed by atoms with E-state index in [2.05, 4.69) is 16.3 Å². The monoisotopic (exact) mass is 225 g/mol. The number of benzene rings is 1. The third-order valence-corrected chi connectivity index (χ3v) is 2.22. The zero-order chi connectivity index (χ0) is 11.6. The average molecular weight is 225 g/mol. The van der Waals surface area contributed by atoms with E-state index in [4.69, 9.17) is 0 Å². The van der Waals surface area contributed by atoms with Crippen LogP contribution in [0, 0.1) is 6.07 Å². The molecule has 2 aromatic rings. The number of H-pyrrole nitrogens is 1. The lowest BCUT2D eigenvalue weighted by Gasteiger charge is -2.18. The molecule has 16 heavy (non-hydrogen) atoms. The number of nitrogens with one attached hydrogen (secondary N) is 1. The highest BCUT2D eigenvalue weighted by atomic mass is 19.4. The zero-order valence-corrected chi connectivity index (χ0v) is 8.12. The van der Waals surface area contributed by atoms with Crippen molar-refractivity contribution in [2.24, 2.45) is 0 Å². The van der Waals surface area contributed by atoms with Crippen LogP contribution in [-0.2, 0) is 0 Å². The van der Waals surface area contributed by atoms with Crippen molar-refractivity contribution < 1.29 is 13.2 Å². The van der Waals surface area contributed by atoms with E-state index >= 15 is 0 Å². The van der Waals surface area contributed by atoms with E-state index in [0.717, 1.165) is 0 Å². The number of hydrogen-bond acceptors (Lipinski definition) is 1. The van der Waals surface area contributed by atoms with E-state index in [1.165, 1.54) is 18.3 Å². The minimum absolute atomic E-state index is 0.0706. The lowest BCUT2D eigenvalue weighted by molar-refractivity contribution is -0.141. The van der Waals surface area contributed by atoms with Crippen molar-refractivity contribution in [2.45, 2.75) is 12.1 Å². The molecule has 1 atom stereocenters. The Morgan fingerprint density at radius 3 is 2.38 bits per heavy atom. The fraction of sp³-hybridized carbons (Fsp3) is 0.182. The van der Waals surface area contributed by atoms with Crippen LogP contribution >= 0.6 is 0 Å². The number of alkyl halides is 3. The smallest absolute Gasteiger partial charge is 0.281 e. The number of hydrogen-bond donors (Lipinski definition) is 1. The highest BCUT2D eigenvalue weighted by Crippen LogP contribution is 2.38. The van der Waals surface area contributed by atoms with E-state index < -0.39 is 12.1 Å². The molecule has 5 heteroatoms. The summed E-state index contributed by atoms with van der Waals surface area (Å²) < 4.78 is 38.7. The van der Waals surface area contributed by atoms with Gasteiger partial charge in [0, 0.05) is 6.07 Å². The lowest BCUT2D eigenvalue weighted by Crippen LogP contribution is -2.22. The quantitative estimate of drug-likeness (QED) is 0.836. The Hall–Kier alpha value is -1.78. The lowest BCUT2D eigenvalue weighted by atomic mass is 9.95. The summed E-state index contributed by atoms with van der Waals surface area (Å²) >= 11 is 0. The van der Waals surface area contributed by atoms with Crippen LogP contribution in [0.15, 0.2) is 36.5 Å². The van der Waals surface area contributed by atoms with Gasteiger partial charge in [-0.15, -0.1) is 0 Å². The summed E-state index contributed by atoms with van der Waals surface area (Å²) in [4.78, 5) is 0. The summed E-state index contributed by atoms with van der Waals surface area (Å²) in [7, 11) is 0. The molecule has 0 aliphatic rings. The summed E-state index contributed by atoms with van der Waals surface area (Å²) in [6.45, 7) is 0. The molecular formula is C11H8F3N2. The Balaban J connectivity index is 2.45. The molecule has 0 amide bonds.